The number of carbonyl (C=O) groups is 3. The molecule has 2 aromatic carbocycles. The zero-order valence-electron chi connectivity index (χ0n) is 14.2. The zero-order valence-corrected chi connectivity index (χ0v) is 14.2. The second-order valence-electron chi connectivity index (χ2n) is 5.59. The summed E-state index contributed by atoms with van der Waals surface area (Å²) in [4.78, 5) is 34.7. The van der Waals surface area contributed by atoms with Crippen molar-refractivity contribution in [3.8, 4) is 11.5 Å². The van der Waals surface area contributed by atoms with Gasteiger partial charge in [-0.3, -0.25) is 20.2 Å². The molecule has 27 heavy (non-hydrogen) atoms. The van der Waals surface area contributed by atoms with Gasteiger partial charge >= 0.3 is 6.03 Å². The van der Waals surface area contributed by atoms with Crippen LogP contribution < -0.4 is 20.1 Å². The van der Waals surface area contributed by atoms with Crippen molar-refractivity contribution in [2.45, 2.75) is 6.61 Å². The molecule has 7 nitrogen and oxygen atoms in total. The van der Waals surface area contributed by atoms with Crippen LogP contribution in [-0.2, 0) is 16.2 Å². The van der Waals surface area contributed by atoms with E-state index in [0.717, 1.165) is 0 Å². The van der Waals surface area contributed by atoms with E-state index >= 15 is 0 Å². The standard InChI is InChI=1S/C19H15FN2O5/c1-26-15-7-6-11(8-13-17(23)21-19(25)22-18(13)24)9-16(15)27-10-12-4-2-3-5-14(12)20/h2-9H,10H2,1H3,(H2,21,22,23,24,25). The van der Waals surface area contributed by atoms with Crippen LogP contribution in [0.15, 0.2) is 48.0 Å². The Hall–Kier alpha value is -3.68. The number of halogens is 1. The summed E-state index contributed by atoms with van der Waals surface area (Å²) in [5, 5.41) is 3.99. The van der Waals surface area contributed by atoms with E-state index in [0.29, 0.717) is 22.6 Å². The van der Waals surface area contributed by atoms with E-state index < -0.39 is 23.7 Å². The Kier molecular flexibility index (Phi) is 5.16. The number of carbonyl (C=O) groups excluding carboxylic acids is 3. The summed E-state index contributed by atoms with van der Waals surface area (Å²) in [7, 11) is 1.46. The fraction of sp³-hybridized carbons (Fsp3) is 0.105. The lowest BCUT2D eigenvalue weighted by Crippen LogP contribution is -2.51. The van der Waals surface area contributed by atoms with E-state index in [1.165, 1.54) is 19.3 Å². The molecular formula is C19H15FN2O5. The van der Waals surface area contributed by atoms with Crippen LogP contribution in [0.5, 0.6) is 11.5 Å². The highest BCUT2D eigenvalue weighted by atomic mass is 19.1. The van der Waals surface area contributed by atoms with Gasteiger partial charge in [-0.25, -0.2) is 9.18 Å². The average molecular weight is 370 g/mol. The first-order valence-corrected chi connectivity index (χ1v) is 7.90. The molecule has 0 saturated carbocycles. The van der Waals surface area contributed by atoms with E-state index in [-0.39, 0.29) is 12.2 Å². The van der Waals surface area contributed by atoms with Gasteiger partial charge in [0.2, 0.25) is 0 Å². The molecule has 138 valence electrons. The summed E-state index contributed by atoms with van der Waals surface area (Å²) in [5.41, 5.74) is 0.613. The molecule has 1 fully saturated rings. The third kappa shape index (κ3) is 4.12. The lowest BCUT2D eigenvalue weighted by molar-refractivity contribution is -0.123. The number of nitrogens with one attached hydrogen (secondary N) is 2. The Balaban J connectivity index is 1.86. The maximum atomic E-state index is 13.7. The van der Waals surface area contributed by atoms with Crippen molar-refractivity contribution in [2.24, 2.45) is 0 Å². The van der Waals surface area contributed by atoms with Crippen LogP contribution in [0.2, 0.25) is 0 Å². The molecule has 1 saturated heterocycles. The molecule has 0 radical (unpaired) electrons. The Bertz CT molecular complexity index is 933. The first-order valence-electron chi connectivity index (χ1n) is 7.90. The quantitative estimate of drug-likeness (QED) is 0.621. The van der Waals surface area contributed by atoms with Gasteiger partial charge in [-0.2, -0.15) is 0 Å². The van der Waals surface area contributed by atoms with Crippen LogP contribution in [0.3, 0.4) is 0 Å². The molecule has 0 bridgehead atoms. The summed E-state index contributed by atoms with van der Waals surface area (Å²) < 4.78 is 24.6. The van der Waals surface area contributed by atoms with Crippen LogP contribution in [0.4, 0.5) is 9.18 Å². The largest absolute Gasteiger partial charge is 0.493 e. The summed E-state index contributed by atoms with van der Waals surface area (Å²) in [5.74, 6) is -1.28. The Morgan fingerprint density at radius 2 is 1.70 bits per heavy atom. The Labute approximate surface area is 153 Å². The molecule has 0 aromatic heterocycles. The van der Waals surface area contributed by atoms with Gasteiger partial charge in [0.1, 0.15) is 18.0 Å². The SMILES string of the molecule is COc1ccc(C=C2C(=O)NC(=O)NC2=O)cc1OCc1ccccc1F. The van der Waals surface area contributed by atoms with Crippen molar-refractivity contribution in [1.29, 1.82) is 0 Å². The summed E-state index contributed by atoms with van der Waals surface area (Å²) >= 11 is 0. The van der Waals surface area contributed by atoms with E-state index in [9.17, 15) is 18.8 Å². The van der Waals surface area contributed by atoms with Crippen molar-refractivity contribution < 1.29 is 28.2 Å². The van der Waals surface area contributed by atoms with Gasteiger partial charge in [-0.1, -0.05) is 24.3 Å². The van der Waals surface area contributed by atoms with Gasteiger partial charge in [0.25, 0.3) is 11.8 Å². The highest BCUT2D eigenvalue weighted by Gasteiger charge is 2.27. The number of hydrogen-bond donors (Lipinski definition) is 2. The van der Waals surface area contributed by atoms with Crippen LogP contribution in [0.1, 0.15) is 11.1 Å². The maximum absolute atomic E-state index is 13.7. The highest BCUT2D eigenvalue weighted by Crippen LogP contribution is 2.30. The van der Waals surface area contributed by atoms with Gasteiger partial charge in [0.15, 0.2) is 11.5 Å². The number of imide groups is 2. The third-order valence-electron chi connectivity index (χ3n) is 3.78. The van der Waals surface area contributed by atoms with Crippen LogP contribution in [0.25, 0.3) is 6.08 Å². The normalized spacial score (nSPS) is 13.7. The van der Waals surface area contributed by atoms with E-state index in [1.807, 2.05) is 10.6 Å². The second kappa shape index (κ2) is 7.69. The number of urea groups is 1. The molecule has 0 aliphatic carbocycles. The Morgan fingerprint density at radius 3 is 2.37 bits per heavy atom. The fourth-order valence-electron chi connectivity index (χ4n) is 2.44. The number of methoxy groups -OCH3 is 1. The van der Waals surface area contributed by atoms with Crippen LogP contribution in [0, 0.1) is 5.82 Å². The lowest BCUT2D eigenvalue weighted by Gasteiger charge is -2.15. The van der Waals surface area contributed by atoms with E-state index in [1.54, 1.807) is 36.4 Å². The summed E-state index contributed by atoms with van der Waals surface area (Å²) in [6.07, 6.45) is 1.31. The minimum absolute atomic E-state index is 0.0292. The smallest absolute Gasteiger partial charge is 0.328 e. The molecule has 2 N–H and O–H groups in total. The number of amides is 4. The van der Waals surface area contributed by atoms with Gasteiger partial charge in [0, 0.05) is 5.56 Å². The van der Waals surface area contributed by atoms with Crippen molar-refractivity contribution in [3.05, 3.63) is 65.0 Å². The predicted molar refractivity (Wildman–Crippen MR) is 93.4 cm³/mol. The van der Waals surface area contributed by atoms with Crippen LogP contribution >= 0.6 is 0 Å². The summed E-state index contributed by atoms with van der Waals surface area (Å²) in [6, 6.07) is 10.1. The van der Waals surface area contributed by atoms with Gasteiger partial charge in [0.05, 0.1) is 7.11 Å². The third-order valence-corrected chi connectivity index (χ3v) is 3.78. The van der Waals surface area contributed by atoms with E-state index in [4.69, 9.17) is 9.47 Å². The zero-order chi connectivity index (χ0) is 19.4. The average Bonchev–Trinajstić information content (AvgIpc) is 2.64. The van der Waals surface area contributed by atoms with Crippen LogP contribution in [-0.4, -0.2) is 25.0 Å². The molecule has 0 unspecified atom stereocenters. The van der Waals surface area contributed by atoms with Gasteiger partial charge in [-0.15, -0.1) is 0 Å². The van der Waals surface area contributed by atoms with Crippen molar-refractivity contribution in [2.75, 3.05) is 7.11 Å². The first kappa shape index (κ1) is 18.1. The number of hydrogen-bond acceptors (Lipinski definition) is 5. The molecular weight excluding hydrogens is 355 g/mol. The van der Waals surface area contributed by atoms with Crippen molar-refractivity contribution >= 4 is 23.9 Å². The predicted octanol–water partition coefficient (Wildman–Crippen LogP) is 2.16. The minimum Gasteiger partial charge on any atom is -0.493 e. The molecule has 1 aliphatic heterocycles. The second-order valence-corrected chi connectivity index (χ2v) is 5.59. The molecule has 0 spiro atoms. The van der Waals surface area contributed by atoms with Crippen molar-refractivity contribution in [3.63, 3.8) is 0 Å². The molecule has 1 aliphatic rings. The number of barbiturate groups is 1. The molecule has 2 aromatic rings. The van der Waals surface area contributed by atoms with Crippen molar-refractivity contribution in [1.82, 2.24) is 10.6 Å². The van der Waals surface area contributed by atoms with E-state index in [2.05, 4.69) is 0 Å². The first-order chi connectivity index (χ1) is 13.0. The number of ether oxygens (including phenoxy) is 2. The molecule has 8 heteroatoms. The minimum atomic E-state index is -0.870. The monoisotopic (exact) mass is 370 g/mol. The maximum Gasteiger partial charge on any atom is 0.328 e. The number of benzene rings is 2. The molecule has 1 heterocycles. The topological polar surface area (TPSA) is 93.7 Å². The number of rotatable bonds is 5. The Morgan fingerprint density at radius 1 is 1.00 bits per heavy atom. The lowest BCUT2D eigenvalue weighted by atomic mass is 10.1. The molecule has 3 rings (SSSR count). The fourth-order valence-corrected chi connectivity index (χ4v) is 2.44. The molecule has 4 amide bonds. The molecule has 0 atom stereocenters. The summed E-state index contributed by atoms with van der Waals surface area (Å²) in [6.45, 7) is -0.0292. The highest BCUT2D eigenvalue weighted by molar-refractivity contribution is 6.31. The van der Waals surface area contributed by atoms with Gasteiger partial charge < -0.3 is 9.47 Å². The van der Waals surface area contributed by atoms with Gasteiger partial charge in [-0.05, 0) is 29.8 Å².